The number of H-pyrrole nitrogens is 1. The topological polar surface area (TPSA) is 40.3 Å². The molecule has 2 rings (SSSR count). The van der Waals surface area contributed by atoms with Gasteiger partial charge in [0, 0.05) is 45.1 Å². The van der Waals surface area contributed by atoms with E-state index in [4.69, 9.17) is 4.74 Å². The zero-order chi connectivity index (χ0) is 10.3. The predicted molar refractivity (Wildman–Crippen MR) is 59.8 cm³/mol. The van der Waals surface area contributed by atoms with Gasteiger partial charge in [-0.25, -0.2) is 0 Å². The van der Waals surface area contributed by atoms with Crippen LogP contribution in [0.25, 0.3) is 0 Å². The van der Waals surface area contributed by atoms with Crippen LogP contribution in [0.5, 0.6) is 0 Å². The molecule has 84 valence electrons. The normalized spacial score (nSPS) is 18.1. The SMILES string of the molecule is c1cc(CNCCN2CCOCC2)c[nH]1. The van der Waals surface area contributed by atoms with Crippen LogP contribution in [0.2, 0.25) is 0 Å². The molecule has 2 N–H and O–H groups in total. The molecule has 0 saturated carbocycles. The van der Waals surface area contributed by atoms with E-state index in [0.717, 1.165) is 45.9 Å². The number of aromatic nitrogens is 1. The first-order chi connectivity index (χ1) is 7.45. The van der Waals surface area contributed by atoms with E-state index < -0.39 is 0 Å². The fraction of sp³-hybridized carbons (Fsp3) is 0.636. The number of hydrogen-bond donors (Lipinski definition) is 2. The quantitative estimate of drug-likeness (QED) is 0.691. The van der Waals surface area contributed by atoms with Crippen molar-refractivity contribution in [3.8, 4) is 0 Å². The Kier molecular flexibility index (Phi) is 4.20. The van der Waals surface area contributed by atoms with Crippen molar-refractivity contribution >= 4 is 0 Å². The van der Waals surface area contributed by atoms with Gasteiger partial charge in [0.25, 0.3) is 0 Å². The van der Waals surface area contributed by atoms with E-state index in [-0.39, 0.29) is 0 Å². The Hall–Kier alpha value is -0.840. The van der Waals surface area contributed by atoms with Crippen LogP contribution in [0.1, 0.15) is 5.56 Å². The van der Waals surface area contributed by atoms with Gasteiger partial charge in [-0.15, -0.1) is 0 Å². The maximum absolute atomic E-state index is 5.30. The van der Waals surface area contributed by atoms with Crippen LogP contribution in [0.15, 0.2) is 18.5 Å². The van der Waals surface area contributed by atoms with Crippen molar-refractivity contribution in [1.82, 2.24) is 15.2 Å². The number of ether oxygens (including phenoxy) is 1. The Morgan fingerprint density at radius 2 is 2.27 bits per heavy atom. The van der Waals surface area contributed by atoms with E-state index in [1.54, 1.807) is 0 Å². The van der Waals surface area contributed by atoms with Crippen molar-refractivity contribution in [3.63, 3.8) is 0 Å². The highest BCUT2D eigenvalue weighted by atomic mass is 16.5. The standard InChI is InChI=1S/C11H19N3O/c1-2-12-9-11(1)10-13-3-4-14-5-7-15-8-6-14/h1-2,9,12-13H,3-8,10H2. The van der Waals surface area contributed by atoms with Crippen LogP contribution in [-0.2, 0) is 11.3 Å². The summed E-state index contributed by atoms with van der Waals surface area (Å²) < 4.78 is 5.30. The number of aromatic amines is 1. The van der Waals surface area contributed by atoms with Gasteiger partial charge >= 0.3 is 0 Å². The molecular formula is C11H19N3O. The lowest BCUT2D eigenvalue weighted by atomic mass is 10.3. The summed E-state index contributed by atoms with van der Waals surface area (Å²) in [6, 6.07) is 2.10. The number of rotatable bonds is 5. The van der Waals surface area contributed by atoms with E-state index in [0.29, 0.717) is 0 Å². The van der Waals surface area contributed by atoms with Crippen LogP contribution < -0.4 is 5.32 Å². The molecule has 4 nitrogen and oxygen atoms in total. The smallest absolute Gasteiger partial charge is 0.0594 e. The highest BCUT2D eigenvalue weighted by Crippen LogP contribution is 1.96. The van der Waals surface area contributed by atoms with Crippen molar-refractivity contribution in [1.29, 1.82) is 0 Å². The Labute approximate surface area is 90.6 Å². The highest BCUT2D eigenvalue weighted by molar-refractivity contribution is 5.07. The Balaban J connectivity index is 1.54. The molecule has 1 aliphatic heterocycles. The summed E-state index contributed by atoms with van der Waals surface area (Å²) in [6.45, 7) is 7.04. The van der Waals surface area contributed by atoms with Crippen molar-refractivity contribution in [2.24, 2.45) is 0 Å². The first-order valence-electron chi connectivity index (χ1n) is 5.57. The lowest BCUT2D eigenvalue weighted by Gasteiger charge is -2.26. The summed E-state index contributed by atoms with van der Waals surface area (Å²) in [5.74, 6) is 0. The first kappa shape index (κ1) is 10.7. The monoisotopic (exact) mass is 209 g/mol. The zero-order valence-electron chi connectivity index (χ0n) is 9.04. The van der Waals surface area contributed by atoms with Gasteiger partial charge in [0.05, 0.1) is 13.2 Å². The molecule has 1 saturated heterocycles. The molecule has 1 aromatic heterocycles. The largest absolute Gasteiger partial charge is 0.379 e. The van der Waals surface area contributed by atoms with E-state index in [1.165, 1.54) is 5.56 Å². The van der Waals surface area contributed by atoms with E-state index in [2.05, 4.69) is 21.3 Å². The summed E-state index contributed by atoms with van der Waals surface area (Å²) in [6.07, 6.45) is 3.99. The molecule has 1 fully saturated rings. The molecule has 0 amide bonds. The molecule has 1 aliphatic rings. The number of morpholine rings is 1. The Morgan fingerprint density at radius 1 is 1.40 bits per heavy atom. The van der Waals surface area contributed by atoms with Crippen LogP contribution >= 0.6 is 0 Å². The van der Waals surface area contributed by atoms with Crippen LogP contribution in [0.4, 0.5) is 0 Å². The Morgan fingerprint density at radius 3 is 3.00 bits per heavy atom. The second kappa shape index (κ2) is 5.90. The molecule has 1 aromatic rings. The zero-order valence-corrected chi connectivity index (χ0v) is 9.04. The van der Waals surface area contributed by atoms with Gasteiger partial charge in [0.2, 0.25) is 0 Å². The summed E-state index contributed by atoms with van der Waals surface area (Å²) >= 11 is 0. The molecule has 0 unspecified atom stereocenters. The summed E-state index contributed by atoms with van der Waals surface area (Å²) in [5, 5.41) is 3.43. The van der Waals surface area contributed by atoms with Crippen molar-refractivity contribution in [2.45, 2.75) is 6.54 Å². The molecule has 0 bridgehead atoms. The molecule has 0 aliphatic carbocycles. The van der Waals surface area contributed by atoms with Crippen molar-refractivity contribution in [2.75, 3.05) is 39.4 Å². The Bertz CT molecular complexity index is 255. The van der Waals surface area contributed by atoms with Gasteiger partial charge in [-0.05, 0) is 11.6 Å². The lowest BCUT2D eigenvalue weighted by molar-refractivity contribution is 0.0384. The molecule has 15 heavy (non-hydrogen) atoms. The number of nitrogens with zero attached hydrogens (tertiary/aromatic N) is 1. The van der Waals surface area contributed by atoms with Gasteiger partial charge in [-0.3, -0.25) is 4.90 Å². The van der Waals surface area contributed by atoms with E-state index in [9.17, 15) is 0 Å². The lowest BCUT2D eigenvalue weighted by Crippen LogP contribution is -2.40. The minimum Gasteiger partial charge on any atom is -0.379 e. The molecular weight excluding hydrogens is 190 g/mol. The second-order valence-corrected chi connectivity index (χ2v) is 3.85. The predicted octanol–water partition coefficient (Wildman–Crippen LogP) is 0.436. The average molecular weight is 209 g/mol. The molecule has 0 radical (unpaired) electrons. The van der Waals surface area contributed by atoms with Crippen molar-refractivity contribution < 1.29 is 4.74 Å². The first-order valence-corrected chi connectivity index (χ1v) is 5.57. The number of hydrogen-bond acceptors (Lipinski definition) is 3. The number of nitrogens with one attached hydrogen (secondary N) is 2. The van der Waals surface area contributed by atoms with Gasteiger partial charge < -0.3 is 15.0 Å². The molecule has 4 heteroatoms. The van der Waals surface area contributed by atoms with Gasteiger partial charge in [0.1, 0.15) is 0 Å². The fourth-order valence-electron chi connectivity index (χ4n) is 1.76. The maximum Gasteiger partial charge on any atom is 0.0594 e. The molecule has 0 spiro atoms. The van der Waals surface area contributed by atoms with Gasteiger partial charge in [-0.1, -0.05) is 0 Å². The summed E-state index contributed by atoms with van der Waals surface area (Å²) in [5.41, 5.74) is 1.32. The molecule has 0 atom stereocenters. The minimum atomic E-state index is 0.887. The second-order valence-electron chi connectivity index (χ2n) is 3.85. The molecule has 2 heterocycles. The third-order valence-corrected chi connectivity index (χ3v) is 2.70. The third kappa shape index (κ3) is 3.66. The summed E-state index contributed by atoms with van der Waals surface area (Å²) in [7, 11) is 0. The van der Waals surface area contributed by atoms with Crippen LogP contribution in [0, 0.1) is 0 Å². The van der Waals surface area contributed by atoms with Crippen LogP contribution in [-0.4, -0.2) is 49.3 Å². The van der Waals surface area contributed by atoms with E-state index in [1.807, 2.05) is 12.4 Å². The van der Waals surface area contributed by atoms with Gasteiger partial charge in [-0.2, -0.15) is 0 Å². The summed E-state index contributed by atoms with van der Waals surface area (Å²) in [4.78, 5) is 5.49. The highest BCUT2D eigenvalue weighted by Gasteiger charge is 2.08. The van der Waals surface area contributed by atoms with E-state index >= 15 is 0 Å². The minimum absolute atomic E-state index is 0.887. The average Bonchev–Trinajstić information content (AvgIpc) is 2.79. The van der Waals surface area contributed by atoms with Crippen molar-refractivity contribution in [3.05, 3.63) is 24.0 Å². The van der Waals surface area contributed by atoms with Gasteiger partial charge in [0.15, 0.2) is 0 Å². The van der Waals surface area contributed by atoms with Crippen LogP contribution in [0.3, 0.4) is 0 Å². The maximum atomic E-state index is 5.30. The third-order valence-electron chi connectivity index (χ3n) is 2.70. The molecule has 0 aromatic carbocycles. The fourth-order valence-corrected chi connectivity index (χ4v) is 1.76.